The van der Waals surface area contributed by atoms with Crippen LogP contribution in [-0.4, -0.2) is 42.9 Å². The number of rotatable bonds is 8. The van der Waals surface area contributed by atoms with Gasteiger partial charge in [-0.1, -0.05) is 0 Å². The van der Waals surface area contributed by atoms with Crippen LogP contribution in [-0.2, 0) is 27.9 Å². The Labute approximate surface area is 118 Å². The molecule has 1 rings (SSSR count). The minimum absolute atomic E-state index is 0.254. The summed E-state index contributed by atoms with van der Waals surface area (Å²) in [5.41, 5.74) is 0.861. The van der Waals surface area contributed by atoms with Crippen LogP contribution in [0.25, 0.3) is 0 Å². The number of aromatic nitrogens is 1. The number of carboxylic acid groups (broad SMARTS) is 1. The zero-order valence-electron chi connectivity index (χ0n) is 11.2. The predicted molar refractivity (Wildman–Crippen MR) is 70.0 cm³/mol. The topological polar surface area (TPSA) is 110 Å². The first-order chi connectivity index (χ1) is 9.31. The maximum absolute atomic E-state index is 10.9. The smallest absolute Gasteiger partial charge is 0.321 e. The molecule has 0 amide bonds. The van der Waals surface area contributed by atoms with E-state index in [0.29, 0.717) is 13.0 Å². The Morgan fingerprint density at radius 3 is 2.50 bits per heavy atom. The van der Waals surface area contributed by atoms with E-state index in [1.165, 1.54) is 0 Å². The summed E-state index contributed by atoms with van der Waals surface area (Å²) in [4.78, 5) is 10.9. The van der Waals surface area contributed by atoms with Crippen LogP contribution < -0.4 is 9.88 Å². The molecule has 0 aliphatic rings. The lowest BCUT2D eigenvalue weighted by atomic mass is 10.1. The van der Waals surface area contributed by atoms with Gasteiger partial charge in [-0.2, -0.15) is 0 Å². The number of likely N-dealkylation sites (N-methyl/N-ethyl adjacent to an activating group) is 1. The van der Waals surface area contributed by atoms with E-state index in [9.17, 15) is 17.8 Å². The molecule has 2 N–H and O–H groups in total. The third kappa shape index (κ3) is 6.09. The number of hydrogen-bond donors (Lipinski definition) is 2. The van der Waals surface area contributed by atoms with Gasteiger partial charge in [0.1, 0.15) is 12.6 Å². The highest BCUT2D eigenvalue weighted by Crippen LogP contribution is 2.01. The molecule has 20 heavy (non-hydrogen) atoms. The lowest BCUT2D eigenvalue weighted by Crippen LogP contribution is -2.37. The van der Waals surface area contributed by atoms with Crippen LogP contribution >= 0.6 is 0 Å². The summed E-state index contributed by atoms with van der Waals surface area (Å²) in [6.07, 6.45) is 4.09. The molecule has 0 spiro atoms. The van der Waals surface area contributed by atoms with Gasteiger partial charge in [-0.05, 0) is 19.0 Å². The number of aliphatic carboxylic acids is 1. The summed E-state index contributed by atoms with van der Waals surface area (Å²) in [5, 5.41) is 11.6. The fraction of sp³-hybridized carbons (Fsp3) is 0.500. The molecule has 1 atom stereocenters. The first-order valence-corrected chi connectivity index (χ1v) is 7.71. The second-order valence-corrected chi connectivity index (χ2v) is 5.97. The fourth-order valence-electron chi connectivity index (χ4n) is 1.75. The molecule has 1 heterocycles. The lowest BCUT2D eigenvalue weighted by Gasteiger charge is -2.10. The van der Waals surface area contributed by atoms with Gasteiger partial charge < -0.3 is 15.0 Å². The Morgan fingerprint density at radius 1 is 1.45 bits per heavy atom. The highest BCUT2D eigenvalue weighted by atomic mass is 32.2. The number of carbonyl (C=O) groups is 1. The van der Waals surface area contributed by atoms with E-state index in [1.54, 1.807) is 36.1 Å². The number of aryl methyl sites for hydroxylation is 1. The van der Waals surface area contributed by atoms with Crippen LogP contribution in [0.2, 0.25) is 0 Å². The lowest BCUT2D eigenvalue weighted by molar-refractivity contribution is -0.696. The van der Waals surface area contributed by atoms with Crippen molar-refractivity contribution in [2.24, 2.45) is 0 Å². The van der Waals surface area contributed by atoms with Crippen molar-refractivity contribution in [2.45, 2.75) is 25.4 Å². The third-order valence-corrected chi connectivity index (χ3v) is 3.65. The van der Waals surface area contributed by atoms with Crippen molar-refractivity contribution in [1.82, 2.24) is 5.32 Å². The molecule has 0 saturated heterocycles. The first kappa shape index (κ1) is 16.5. The third-order valence-electron chi connectivity index (χ3n) is 2.86. The molecule has 112 valence electrons. The minimum atomic E-state index is -4.17. The summed E-state index contributed by atoms with van der Waals surface area (Å²) in [7, 11) is -2.58. The maximum Gasteiger partial charge on any atom is 0.321 e. The molecule has 0 radical (unpaired) electrons. The molecular formula is C12H18N2O5S. The Kier molecular flexibility index (Phi) is 6.05. The van der Waals surface area contributed by atoms with Gasteiger partial charge >= 0.3 is 5.97 Å². The van der Waals surface area contributed by atoms with Gasteiger partial charge in [0.2, 0.25) is 0 Å². The minimum Gasteiger partial charge on any atom is -0.748 e. The average Bonchev–Trinajstić information content (AvgIpc) is 2.35. The van der Waals surface area contributed by atoms with Crippen molar-refractivity contribution < 1.29 is 27.4 Å². The van der Waals surface area contributed by atoms with Gasteiger partial charge in [0.05, 0.1) is 10.1 Å². The summed E-state index contributed by atoms with van der Waals surface area (Å²) in [6.45, 7) is 0.427. The van der Waals surface area contributed by atoms with Gasteiger partial charge in [0, 0.05) is 24.3 Å². The number of nitrogens with zero attached hydrogens (tertiary/aromatic N) is 1. The highest BCUT2D eigenvalue weighted by Gasteiger charge is 2.15. The Morgan fingerprint density at radius 2 is 2.05 bits per heavy atom. The molecule has 7 nitrogen and oxygen atoms in total. The summed E-state index contributed by atoms with van der Waals surface area (Å²) < 4.78 is 33.2. The SMILES string of the molecule is CN[C@H](Cc1cc[n+](CCCS(=O)(=O)[O-])cc1)C(=O)O. The second kappa shape index (κ2) is 7.32. The molecular weight excluding hydrogens is 284 g/mol. The molecule has 1 aromatic heterocycles. The van der Waals surface area contributed by atoms with Crippen LogP contribution in [0.4, 0.5) is 0 Å². The summed E-state index contributed by atoms with van der Waals surface area (Å²) in [6, 6.07) is 2.91. The molecule has 0 saturated carbocycles. The molecule has 0 aliphatic carbocycles. The zero-order chi connectivity index (χ0) is 15.2. The Hall–Kier alpha value is -1.51. The Balaban J connectivity index is 2.54. The standard InChI is InChI=1S/C12H18N2O5S/c1-13-11(12(15)16)9-10-3-6-14(7-4-10)5-2-8-20(17,18)19/h3-4,6-7,11,13H,2,5,8-9H2,1H3,(H-,15,16,17,18,19)/t11-/m1/s1. The number of carboxylic acids is 1. The normalized spacial score (nSPS) is 13.1. The van der Waals surface area contributed by atoms with Crippen molar-refractivity contribution in [3.63, 3.8) is 0 Å². The zero-order valence-corrected chi connectivity index (χ0v) is 12.0. The second-order valence-electron chi connectivity index (χ2n) is 4.44. The quantitative estimate of drug-likeness (QED) is 0.477. The van der Waals surface area contributed by atoms with E-state index < -0.39 is 22.1 Å². The summed E-state index contributed by atoms with van der Waals surface area (Å²) in [5.74, 6) is -1.30. The van der Waals surface area contributed by atoms with E-state index in [-0.39, 0.29) is 12.2 Å². The van der Waals surface area contributed by atoms with Crippen molar-refractivity contribution in [3.05, 3.63) is 30.1 Å². The molecule has 0 aliphatic heterocycles. The largest absolute Gasteiger partial charge is 0.748 e. The van der Waals surface area contributed by atoms with Crippen molar-refractivity contribution >= 4 is 16.1 Å². The van der Waals surface area contributed by atoms with Gasteiger partial charge in [-0.25, -0.2) is 13.0 Å². The molecule has 0 unspecified atom stereocenters. The van der Waals surface area contributed by atoms with E-state index in [1.807, 2.05) is 0 Å². The predicted octanol–water partition coefficient (Wildman–Crippen LogP) is -0.875. The van der Waals surface area contributed by atoms with Crippen LogP contribution in [0, 0.1) is 0 Å². The van der Waals surface area contributed by atoms with Gasteiger partial charge in [-0.15, -0.1) is 0 Å². The Bertz CT molecular complexity index is 541. The van der Waals surface area contributed by atoms with Gasteiger partial charge in [0.25, 0.3) is 0 Å². The molecule has 0 aromatic carbocycles. The molecule has 0 bridgehead atoms. The fourth-order valence-corrected chi connectivity index (χ4v) is 2.23. The van der Waals surface area contributed by atoms with Gasteiger partial charge in [0.15, 0.2) is 12.4 Å². The average molecular weight is 302 g/mol. The van der Waals surface area contributed by atoms with E-state index >= 15 is 0 Å². The first-order valence-electron chi connectivity index (χ1n) is 6.13. The van der Waals surface area contributed by atoms with Crippen LogP contribution in [0.1, 0.15) is 12.0 Å². The number of pyridine rings is 1. The van der Waals surface area contributed by atoms with Crippen molar-refractivity contribution in [2.75, 3.05) is 12.8 Å². The monoisotopic (exact) mass is 302 g/mol. The van der Waals surface area contributed by atoms with E-state index in [2.05, 4.69) is 5.32 Å². The molecule has 8 heteroatoms. The molecule has 0 fully saturated rings. The van der Waals surface area contributed by atoms with Crippen LogP contribution in [0.15, 0.2) is 24.5 Å². The molecule has 1 aromatic rings. The van der Waals surface area contributed by atoms with Crippen molar-refractivity contribution in [1.29, 1.82) is 0 Å². The van der Waals surface area contributed by atoms with E-state index in [4.69, 9.17) is 5.11 Å². The van der Waals surface area contributed by atoms with Crippen LogP contribution in [0.5, 0.6) is 0 Å². The summed E-state index contributed by atoms with van der Waals surface area (Å²) >= 11 is 0. The van der Waals surface area contributed by atoms with E-state index in [0.717, 1.165) is 5.56 Å². The highest BCUT2D eigenvalue weighted by molar-refractivity contribution is 7.85. The maximum atomic E-state index is 10.9. The number of hydrogen-bond acceptors (Lipinski definition) is 5. The van der Waals surface area contributed by atoms with Crippen LogP contribution in [0.3, 0.4) is 0 Å². The number of nitrogens with one attached hydrogen (secondary N) is 1. The van der Waals surface area contributed by atoms with Crippen molar-refractivity contribution in [3.8, 4) is 0 Å². The van der Waals surface area contributed by atoms with Gasteiger partial charge in [-0.3, -0.25) is 4.79 Å².